The van der Waals surface area contributed by atoms with Gasteiger partial charge in [-0.2, -0.15) is 0 Å². The van der Waals surface area contributed by atoms with E-state index in [0.717, 1.165) is 12.0 Å². The van der Waals surface area contributed by atoms with Gasteiger partial charge >= 0.3 is 5.97 Å². The van der Waals surface area contributed by atoms with Gasteiger partial charge in [0.25, 0.3) is 0 Å². The molecule has 0 aromatic carbocycles. The number of carbonyl (C=O) groups is 1. The molecule has 1 unspecified atom stereocenters. The smallest absolute Gasteiger partial charge is 0.313 e. The summed E-state index contributed by atoms with van der Waals surface area (Å²) in [6.07, 6.45) is 0.815. The Hall–Kier alpha value is -0.790. The van der Waals surface area contributed by atoms with Crippen LogP contribution in [0, 0.1) is 11.8 Å². The van der Waals surface area contributed by atoms with Crippen LogP contribution in [0.1, 0.15) is 20.3 Å². The van der Waals surface area contributed by atoms with E-state index in [2.05, 4.69) is 6.58 Å². The first-order valence-corrected chi connectivity index (χ1v) is 3.98. The summed E-state index contributed by atoms with van der Waals surface area (Å²) in [5, 5.41) is 0. The van der Waals surface area contributed by atoms with Crippen molar-refractivity contribution in [1.82, 2.24) is 0 Å². The predicted octanol–water partition coefficient (Wildman–Crippen LogP) is 1.76. The van der Waals surface area contributed by atoms with Crippen LogP contribution in [0.5, 0.6) is 0 Å². The molecule has 0 aromatic heterocycles. The quantitative estimate of drug-likeness (QED) is 0.447. The van der Waals surface area contributed by atoms with Gasteiger partial charge in [0.2, 0.25) is 0 Å². The number of carbonyl (C=O) groups excluding carboxylic acids is 1. The van der Waals surface area contributed by atoms with E-state index < -0.39 is 0 Å². The summed E-state index contributed by atoms with van der Waals surface area (Å²) >= 11 is 0. The SMILES string of the molecule is C=C(C(C)C)C1CCOC1=O. The maximum atomic E-state index is 11.0. The lowest BCUT2D eigenvalue weighted by Crippen LogP contribution is -2.13. The standard InChI is InChI=1S/C9H14O2/c1-6(2)7(3)8-4-5-11-9(8)10/h6,8H,3-5H2,1-2H3. The van der Waals surface area contributed by atoms with Crippen LogP contribution in [0.25, 0.3) is 0 Å². The molecule has 2 nitrogen and oxygen atoms in total. The lowest BCUT2D eigenvalue weighted by Gasteiger charge is -2.12. The third-order valence-corrected chi connectivity index (χ3v) is 2.12. The third kappa shape index (κ3) is 1.62. The van der Waals surface area contributed by atoms with Crippen LogP contribution in [0.2, 0.25) is 0 Å². The molecule has 1 atom stereocenters. The predicted molar refractivity (Wildman–Crippen MR) is 43.0 cm³/mol. The summed E-state index contributed by atoms with van der Waals surface area (Å²) < 4.78 is 4.84. The second-order valence-electron chi connectivity index (χ2n) is 3.24. The van der Waals surface area contributed by atoms with Gasteiger partial charge in [-0.15, -0.1) is 0 Å². The molecular weight excluding hydrogens is 140 g/mol. The highest BCUT2D eigenvalue weighted by Crippen LogP contribution is 2.26. The van der Waals surface area contributed by atoms with E-state index >= 15 is 0 Å². The van der Waals surface area contributed by atoms with Crippen LogP contribution in [-0.4, -0.2) is 12.6 Å². The fourth-order valence-corrected chi connectivity index (χ4v) is 1.23. The van der Waals surface area contributed by atoms with Crippen LogP contribution in [-0.2, 0) is 9.53 Å². The van der Waals surface area contributed by atoms with Crippen molar-refractivity contribution in [3.8, 4) is 0 Å². The number of rotatable bonds is 2. The minimum absolute atomic E-state index is 0.0324. The molecule has 11 heavy (non-hydrogen) atoms. The Kier molecular flexibility index (Phi) is 2.32. The number of hydrogen-bond acceptors (Lipinski definition) is 2. The molecule has 0 amide bonds. The Morgan fingerprint density at radius 1 is 1.73 bits per heavy atom. The molecule has 0 bridgehead atoms. The Labute approximate surface area is 67.2 Å². The van der Waals surface area contributed by atoms with Crippen LogP contribution in [0.3, 0.4) is 0 Å². The minimum Gasteiger partial charge on any atom is -0.465 e. The minimum atomic E-state index is -0.0938. The lowest BCUT2D eigenvalue weighted by molar-refractivity contribution is -0.140. The number of esters is 1. The zero-order valence-electron chi connectivity index (χ0n) is 7.09. The first-order chi connectivity index (χ1) is 5.13. The van der Waals surface area contributed by atoms with Crippen molar-refractivity contribution in [3.05, 3.63) is 12.2 Å². The topological polar surface area (TPSA) is 26.3 Å². The van der Waals surface area contributed by atoms with Gasteiger partial charge in [-0.25, -0.2) is 0 Å². The summed E-state index contributed by atoms with van der Waals surface area (Å²) in [6.45, 7) is 8.55. The fourth-order valence-electron chi connectivity index (χ4n) is 1.23. The maximum Gasteiger partial charge on any atom is 0.313 e. The second-order valence-corrected chi connectivity index (χ2v) is 3.24. The third-order valence-electron chi connectivity index (χ3n) is 2.12. The summed E-state index contributed by atoms with van der Waals surface area (Å²) in [5.41, 5.74) is 1.01. The van der Waals surface area contributed by atoms with Crippen LogP contribution in [0.4, 0.5) is 0 Å². The highest BCUT2D eigenvalue weighted by Gasteiger charge is 2.29. The largest absolute Gasteiger partial charge is 0.465 e. The Morgan fingerprint density at radius 2 is 2.36 bits per heavy atom. The molecular formula is C9H14O2. The van der Waals surface area contributed by atoms with E-state index in [-0.39, 0.29) is 11.9 Å². The summed E-state index contributed by atoms with van der Waals surface area (Å²) in [4.78, 5) is 11.0. The average molecular weight is 154 g/mol. The molecule has 0 spiro atoms. The monoisotopic (exact) mass is 154 g/mol. The van der Waals surface area contributed by atoms with Crippen molar-refractivity contribution in [1.29, 1.82) is 0 Å². The zero-order chi connectivity index (χ0) is 8.43. The molecule has 1 rings (SSSR count). The Morgan fingerprint density at radius 3 is 2.73 bits per heavy atom. The van der Waals surface area contributed by atoms with Gasteiger partial charge in [-0.1, -0.05) is 26.0 Å². The lowest BCUT2D eigenvalue weighted by atomic mass is 9.90. The van der Waals surface area contributed by atoms with E-state index in [1.54, 1.807) is 0 Å². The number of ether oxygens (including phenoxy) is 1. The van der Waals surface area contributed by atoms with Gasteiger partial charge in [0.15, 0.2) is 0 Å². The molecule has 1 saturated heterocycles. The average Bonchev–Trinajstić information content (AvgIpc) is 2.33. The van der Waals surface area contributed by atoms with E-state index in [1.807, 2.05) is 13.8 Å². The van der Waals surface area contributed by atoms with Crippen molar-refractivity contribution in [2.75, 3.05) is 6.61 Å². The van der Waals surface area contributed by atoms with E-state index in [1.165, 1.54) is 0 Å². The van der Waals surface area contributed by atoms with Gasteiger partial charge in [0.05, 0.1) is 12.5 Å². The molecule has 2 heteroatoms. The molecule has 1 heterocycles. The van der Waals surface area contributed by atoms with Crippen molar-refractivity contribution in [2.45, 2.75) is 20.3 Å². The molecule has 0 aromatic rings. The fraction of sp³-hybridized carbons (Fsp3) is 0.667. The molecule has 62 valence electrons. The van der Waals surface area contributed by atoms with E-state index in [9.17, 15) is 4.79 Å². The molecule has 1 aliphatic rings. The first-order valence-electron chi connectivity index (χ1n) is 3.98. The van der Waals surface area contributed by atoms with Crippen molar-refractivity contribution in [3.63, 3.8) is 0 Å². The second kappa shape index (κ2) is 3.07. The molecule has 1 fully saturated rings. The molecule has 0 radical (unpaired) electrons. The molecule has 0 N–H and O–H groups in total. The zero-order valence-corrected chi connectivity index (χ0v) is 7.09. The van der Waals surface area contributed by atoms with Crippen molar-refractivity contribution >= 4 is 5.97 Å². The summed E-state index contributed by atoms with van der Waals surface area (Å²) in [7, 11) is 0. The van der Waals surface area contributed by atoms with E-state index in [4.69, 9.17) is 4.74 Å². The van der Waals surface area contributed by atoms with Crippen LogP contribution in [0.15, 0.2) is 12.2 Å². The highest BCUT2D eigenvalue weighted by molar-refractivity contribution is 5.77. The van der Waals surface area contributed by atoms with Gasteiger partial charge in [0, 0.05) is 0 Å². The van der Waals surface area contributed by atoms with Gasteiger partial charge in [-0.05, 0) is 12.3 Å². The van der Waals surface area contributed by atoms with Gasteiger partial charge in [-0.3, -0.25) is 4.79 Å². The van der Waals surface area contributed by atoms with Crippen molar-refractivity contribution < 1.29 is 9.53 Å². The van der Waals surface area contributed by atoms with Gasteiger partial charge in [0.1, 0.15) is 0 Å². The number of hydrogen-bond donors (Lipinski definition) is 0. The maximum absolute atomic E-state index is 11.0. The van der Waals surface area contributed by atoms with E-state index in [0.29, 0.717) is 12.5 Å². The van der Waals surface area contributed by atoms with Crippen LogP contribution >= 0.6 is 0 Å². The van der Waals surface area contributed by atoms with Crippen LogP contribution < -0.4 is 0 Å². The van der Waals surface area contributed by atoms with Gasteiger partial charge < -0.3 is 4.74 Å². The van der Waals surface area contributed by atoms with Crippen molar-refractivity contribution in [2.24, 2.45) is 11.8 Å². The Bertz CT molecular complexity index is 182. The number of cyclic esters (lactones) is 1. The molecule has 0 saturated carbocycles. The normalized spacial score (nSPS) is 23.9. The molecule has 0 aliphatic carbocycles. The Balaban J connectivity index is 2.60. The summed E-state index contributed by atoms with van der Waals surface area (Å²) in [6, 6.07) is 0. The highest BCUT2D eigenvalue weighted by atomic mass is 16.5. The first kappa shape index (κ1) is 8.31. The summed E-state index contributed by atoms with van der Waals surface area (Å²) in [5.74, 6) is 0.254. The molecule has 1 aliphatic heterocycles.